The lowest BCUT2D eigenvalue weighted by Crippen LogP contribution is -2.37. The summed E-state index contributed by atoms with van der Waals surface area (Å²) >= 11 is 6.12. The third-order valence-corrected chi connectivity index (χ3v) is 9.25. The van der Waals surface area contributed by atoms with E-state index in [4.69, 9.17) is 17.3 Å². The van der Waals surface area contributed by atoms with Gasteiger partial charge < -0.3 is 5.73 Å². The summed E-state index contributed by atoms with van der Waals surface area (Å²) in [7, 11) is -3.74. The van der Waals surface area contributed by atoms with Crippen LogP contribution in [-0.4, -0.2) is 25.2 Å². The maximum absolute atomic E-state index is 13.6. The number of rotatable bonds is 9. The fourth-order valence-corrected chi connectivity index (χ4v) is 7.05. The first kappa shape index (κ1) is 26.4. The van der Waals surface area contributed by atoms with Crippen LogP contribution in [0.2, 0.25) is 5.02 Å². The van der Waals surface area contributed by atoms with E-state index in [0.717, 1.165) is 42.4 Å². The molecule has 0 spiro atoms. The fraction of sp³-hybridized carbons (Fsp3) is 0.345. The number of amides is 1. The highest BCUT2D eigenvalue weighted by Crippen LogP contribution is 2.39. The summed E-state index contributed by atoms with van der Waals surface area (Å²) in [6, 6.07) is 24.1. The van der Waals surface area contributed by atoms with Crippen molar-refractivity contribution < 1.29 is 13.2 Å². The molecule has 3 aromatic rings. The predicted molar refractivity (Wildman–Crippen MR) is 144 cm³/mol. The molecule has 0 aromatic heterocycles. The molecule has 1 saturated carbocycles. The molecule has 36 heavy (non-hydrogen) atoms. The highest BCUT2D eigenvalue weighted by molar-refractivity contribution is 7.89. The third-order valence-electron chi connectivity index (χ3n) is 7.20. The van der Waals surface area contributed by atoms with Crippen LogP contribution in [0.3, 0.4) is 0 Å². The van der Waals surface area contributed by atoms with Gasteiger partial charge in [-0.2, -0.15) is 4.31 Å². The van der Waals surface area contributed by atoms with Crippen molar-refractivity contribution in [1.82, 2.24) is 4.31 Å². The summed E-state index contributed by atoms with van der Waals surface area (Å²) in [5.74, 6) is -0.252. The van der Waals surface area contributed by atoms with Gasteiger partial charge >= 0.3 is 0 Å². The van der Waals surface area contributed by atoms with Crippen molar-refractivity contribution in [2.45, 2.75) is 50.0 Å². The Hall–Kier alpha value is -2.67. The number of carbonyl (C=O) groups is 1. The van der Waals surface area contributed by atoms with Crippen LogP contribution >= 0.6 is 11.6 Å². The van der Waals surface area contributed by atoms with E-state index in [1.807, 2.05) is 61.5 Å². The molecule has 1 fully saturated rings. The minimum Gasteiger partial charge on any atom is -0.369 e. The molecular weight excluding hydrogens is 492 g/mol. The minimum absolute atomic E-state index is 0.161. The van der Waals surface area contributed by atoms with Crippen LogP contribution in [0.1, 0.15) is 48.3 Å². The number of nitrogens with zero attached hydrogens (tertiary/aromatic N) is 1. The summed E-state index contributed by atoms with van der Waals surface area (Å²) in [5, 5.41) is 0.393. The standard InChI is InChI=1S/C29H33ClN2O3S/c1-21-10-14-24(15-11-21)28(29(31)33)25-16-12-23(13-17-25)20-32(19-22-6-3-2-4-7-22)36(34,35)27-9-5-8-26(30)18-27/h2-11,14-15,18,23,25,28H,12-13,16-17,19-20H2,1H3,(H2,31,33). The Kier molecular flexibility index (Phi) is 8.50. The van der Waals surface area contributed by atoms with Gasteiger partial charge in [-0.25, -0.2) is 8.42 Å². The average molecular weight is 525 g/mol. The molecule has 3 aromatic carbocycles. The molecule has 0 heterocycles. The molecule has 0 aliphatic heterocycles. The summed E-state index contributed by atoms with van der Waals surface area (Å²) in [5.41, 5.74) is 8.88. The number of hydrogen-bond acceptors (Lipinski definition) is 3. The van der Waals surface area contributed by atoms with Gasteiger partial charge in [0.15, 0.2) is 0 Å². The van der Waals surface area contributed by atoms with Crippen LogP contribution in [0, 0.1) is 18.8 Å². The molecule has 0 saturated heterocycles. The van der Waals surface area contributed by atoms with E-state index in [-0.39, 0.29) is 28.6 Å². The highest BCUT2D eigenvalue weighted by Gasteiger charge is 2.34. The van der Waals surface area contributed by atoms with E-state index >= 15 is 0 Å². The van der Waals surface area contributed by atoms with Gasteiger partial charge in [0.1, 0.15) is 0 Å². The first-order chi connectivity index (χ1) is 17.2. The Morgan fingerprint density at radius 3 is 2.25 bits per heavy atom. The largest absolute Gasteiger partial charge is 0.369 e. The zero-order chi connectivity index (χ0) is 25.7. The second-order valence-corrected chi connectivity index (χ2v) is 12.2. The molecule has 0 radical (unpaired) electrons. The summed E-state index contributed by atoms with van der Waals surface area (Å²) in [6.45, 7) is 2.73. The quantitative estimate of drug-likeness (QED) is 0.377. The molecule has 7 heteroatoms. The van der Waals surface area contributed by atoms with Crippen molar-refractivity contribution in [2.24, 2.45) is 17.6 Å². The van der Waals surface area contributed by atoms with Crippen molar-refractivity contribution in [3.8, 4) is 0 Å². The number of sulfonamides is 1. The van der Waals surface area contributed by atoms with Gasteiger partial charge in [0.25, 0.3) is 0 Å². The van der Waals surface area contributed by atoms with Gasteiger partial charge in [-0.1, -0.05) is 77.8 Å². The maximum atomic E-state index is 13.6. The van der Waals surface area contributed by atoms with E-state index in [2.05, 4.69) is 0 Å². The third kappa shape index (κ3) is 6.36. The molecule has 1 amide bonds. The Morgan fingerprint density at radius 2 is 1.64 bits per heavy atom. The molecule has 0 bridgehead atoms. The van der Waals surface area contributed by atoms with Gasteiger partial charge in [0, 0.05) is 18.1 Å². The van der Waals surface area contributed by atoms with Gasteiger partial charge in [-0.3, -0.25) is 4.79 Å². The molecule has 4 rings (SSSR count). The van der Waals surface area contributed by atoms with Crippen LogP contribution in [0.15, 0.2) is 83.8 Å². The Labute approximate surface area is 219 Å². The Bertz CT molecular complexity index is 1270. The number of benzene rings is 3. The van der Waals surface area contributed by atoms with E-state index in [0.29, 0.717) is 18.1 Å². The smallest absolute Gasteiger partial charge is 0.243 e. The number of nitrogens with two attached hydrogens (primary N) is 1. The Balaban J connectivity index is 1.50. The second-order valence-electron chi connectivity index (χ2n) is 9.81. The number of aryl methyl sites for hydroxylation is 1. The summed E-state index contributed by atoms with van der Waals surface area (Å²) < 4.78 is 28.9. The lowest BCUT2D eigenvalue weighted by Gasteiger charge is -2.35. The molecule has 1 unspecified atom stereocenters. The SMILES string of the molecule is Cc1ccc(C(C(N)=O)C2CCC(CN(Cc3ccccc3)S(=O)(=O)c3cccc(Cl)c3)CC2)cc1. The topological polar surface area (TPSA) is 80.5 Å². The van der Waals surface area contributed by atoms with Gasteiger partial charge in [0.2, 0.25) is 15.9 Å². The molecular formula is C29H33ClN2O3S. The average Bonchev–Trinajstić information content (AvgIpc) is 2.86. The van der Waals surface area contributed by atoms with Gasteiger partial charge in [-0.05, 0) is 73.8 Å². The zero-order valence-corrected chi connectivity index (χ0v) is 22.1. The van der Waals surface area contributed by atoms with Crippen LogP contribution in [0.25, 0.3) is 0 Å². The van der Waals surface area contributed by atoms with Crippen LogP contribution in [-0.2, 0) is 21.4 Å². The van der Waals surface area contributed by atoms with Crippen LogP contribution < -0.4 is 5.73 Å². The Morgan fingerprint density at radius 1 is 0.972 bits per heavy atom. The molecule has 2 N–H and O–H groups in total. The van der Waals surface area contributed by atoms with Crippen molar-refractivity contribution in [2.75, 3.05) is 6.54 Å². The van der Waals surface area contributed by atoms with E-state index in [9.17, 15) is 13.2 Å². The summed E-state index contributed by atoms with van der Waals surface area (Å²) in [4.78, 5) is 12.6. The van der Waals surface area contributed by atoms with Gasteiger partial charge in [-0.15, -0.1) is 0 Å². The first-order valence-electron chi connectivity index (χ1n) is 12.4. The second kappa shape index (κ2) is 11.6. The van der Waals surface area contributed by atoms with Crippen LogP contribution in [0.5, 0.6) is 0 Å². The number of hydrogen-bond donors (Lipinski definition) is 1. The van der Waals surface area contributed by atoms with Crippen molar-refractivity contribution in [1.29, 1.82) is 0 Å². The van der Waals surface area contributed by atoms with Crippen molar-refractivity contribution in [3.63, 3.8) is 0 Å². The predicted octanol–water partition coefficient (Wildman–Crippen LogP) is 5.91. The molecule has 1 aliphatic carbocycles. The lowest BCUT2D eigenvalue weighted by atomic mass is 9.73. The lowest BCUT2D eigenvalue weighted by molar-refractivity contribution is -0.121. The maximum Gasteiger partial charge on any atom is 0.243 e. The number of halogens is 1. The molecule has 1 aliphatic rings. The van der Waals surface area contributed by atoms with E-state index < -0.39 is 10.0 Å². The summed E-state index contributed by atoms with van der Waals surface area (Å²) in [6.07, 6.45) is 3.36. The monoisotopic (exact) mass is 524 g/mol. The van der Waals surface area contributed by atoms with E-state index in [1.54, 1.807) is 22.5 Å². The van der Waals surface area contributed by atoms with Gasteiger partial charge in [0.05, 0.1) is 10.8 Å². The normalized spacial score (nSPS) is 19.2. The number of carbonyl (C=O) groups excluding carboxylic acids is 1. The van der Waals surface area contributed by atoms with Crippen molar-refractivity contribution in [3.05, 3.63) is 101 Å². The fourth-order valence-electron chi connectivity index (χ4n) is 5.25. The molecule has 190 valence electrons. The zero-order valence-electron chi connectivity index (χ0n) is 20.5. The van der Waals surface area contributed by atoms with E-state index in [1.165, 1.54) is 6.07 Å². The molecule has 5 nitrogen and oxygen atoms in total. The van der Waals surface area contributed by atoms with Crippen LogP contribution in [0.4, 0.5) is 0 Å². The minimum atomic E-state index is -3.74. The first-order valence-corrected chi connectivity index (χ1v) is 14.2. The molecule has 1 atom stereocenters. The van der Waals surface area contributed by atoms with Crippen molar-refractivity contribution >= 4 is 27.5 Å². The number of primary amides is 1. The highest BCUT2D eigenvalue weighted by atomic mass is 35.5.